The molecule has 0 spiro atoms. The maximum atomic E-state index is 7.46. The summed E-state index contributed by atoms with van der Waals surface area (Å²) in [6, 6.07) is 8.01. The molecular formula is C30H56O7SSi3. The van der Waals surface area contributed by atoms with E-state index in [0.29, 0.717) is 13.2 Å². The van der Waals surface area contributed by atoms with Crippen LogP contribution in [0, 0.1) is 0 Å². The van der Waals surface area contributed by atoms with Crippen LogP contribution >= 0.6 is 11.8 Å². The molecule has 0 bridgehead atoms. The summed E-state index contributed by atoms with van der Waals surface area (Å²) in [5.41, 5.74) is 1.86. The molecule has 0 amide bonds. The van der Waals surface area contributed by atoms with Crippen molar-refractivity contribution in [2.45, 2.75) is 134 Å². The Hall–Kier alpha value is -0.219. The van der Waals surface area contributed by atoms with Gasteiger partial charge in [-0.15, -0.1) is 11.8 Å². The van der Waals surface area contributed by atoms with Crippen molar-refractivity contribution >= 4 is 37.2 Å². The molecule has 11 heteroatoms. The van der Waals surface area contributed by atoms with Gasteiger partial charge in [0.05, 0.1) is 20.3 Å². The van der Waals surface area contributed by atoms with E-state index in [4.69, 9.17) is 31.6 Å². The van der Waals surface area contributed by atoms with Crippen LogP contribution in [0.5, 0.6) is 5.75 Å². The van der Waals surface area contributed by atoms with Gasteiger partial charge in [0.1, 0.15) is 35.6 Å². The van der Waals surface area contributed by atoms with Crippen molar-refractivity contribution < 1.29 is 31.6 Å². The predicted octanol–water partition coefficient (Wildman–Crippen LogP) is 7.84. The Bertz CT molecular complexity index is 938. The van der Waals surface area contributed by atoms with E-state index in [1.54, 1.807) is 18.9 Å². The fraction of sp³-hybridized carbons (Fsp3) is 0.800. The molecule has 3 rings (SSSR count). The average molecular weight is 645 g/mol. The van der Waals surface area contributed by atoms with E-state index >= 15 is 0 Å². The van der Waals surface area contributed by atoms with Crippen molar-refractivity contribution in [2.75, 3.05) is 20.0 Å². The molecule has 2 heterocycles. The van der Waals surface area contributed by atoms with Crippen molar-refractivity contribution in [2.24, 2.45) is 0 Å². The number of benzene rings is 1. The zero-order valence-electron chi connectivity index (χ0n) is 27.7. The van der Waals surface area contributed by atoms with Crippen LogP contribution in [0.1, 0.15) is 61.0 Å². The Labute approximate surface area is 257 Å². The Morgan fingerprint density at radius 3 is 1.90 bits per heavy atom. The zero-order valence-corrected chi connectivity index (χ0v) is 31.5. The molecule has 236 valence electrons. The van der Waals surface area contributed by atoms with E-state index < -0.39 is 25.4 Å². The molecule has 0 aliphatic carbocycles. The number of methoxy groups -OCH3 is 1. The summed E-state index contributed by atoms with van der Waals surface area (Å²) in [4.78, 5) is 0. The molecule has 41 heavy (non-hydrogen) atoms. The second-order valence-corrected chi connectivity index (χ2v) is 27.9. The van der Waals surface area contributed by atoms with Crippen LogP contribution in [-0.2, 0) is 33.5 Å². The van der Waals surface area contributed by atoms with Gasteiger partial charge < -0.3 is 31.6 Å². The summed E-state index contributed by atoms with van der Waals surface area (Å²) < 4.78 is 47.8. The van der Waals surface area contributed by atoms with Crippen LogP contribution in [0.2, 0.25) is 41.8 Å². The summed E-state index contributed by atoms with van der Waals surface area (Å²) in [6.45, 7) is 25.6. The fourth-order valence-corrected chi connectivity index (χ4v) is 19.2. The van der Waals surface area contributed by atoms with Crippen molar-refractivity contribution in [3.63, 3.8) is 0 Å². The van der Waals surface area contributed by atoms with Crippen LogP contribution in [-0.4, -0.2) is 75.3 Å². The van der Waals surface area contributed by atoms with E-state index in [2.05, 4.69) is 81.3 Å². The maximum Gasteiger partial charge on any atom is 0.335 e. The Morgan fingerprint density at radius 1 is 0.878 bits per heavy atom. The van der Waals surface area contributed by atoms with E-state index in [1.807, 2.05) is 24.3 Å². The summed E-state index contributed by atoms with van der Waals surface area (Å²) in [7, 11) is -5.86. The molecule has 0 saturated carbocycles. The summed E-state index contributed by atoms with van der Waals surface area (Å²) in [5.74, 6) is 0.827. The highest BCUT2D eigenvalue weighted by Gasteiger charge is 2.62. The summed E-state index contributed by atoms with van der Waals surface area (Å²) >= 11 is 1.67. The van der Waals surface area contributed by atoms with Crippen molar-refractivity contribution in [1.82, 2.24) is 0 Å². The Morgan fingerprint density at radius 2 is 1.44 bits per heavy atom. The van der Waals surface area contributed by atoms with Crippen molar-refractivity contribution in [1.29, 1.82) is 0 Å². The first kappa shape index (κ1) is 35.3. The number of hydrogen-bond donors (Lipinski definition) is 0. The lowest BCUT2D eigenvalue weighted by atomic mass is 10.00. The van der Waals surface area contributed by atoms with Gasteiger partial charge in [-0.25, -0.2) is 0 Å². The van der Waals surface area contributed by atoms with Gasteiger partial charge >= 0.3 is 17.1 Å². The van der Waals surface area contributed by atoms with Gasteiger partial charge in [0.2, 0.25) is 0 Å². The second-order valence-electron chi connectivity index (χ2n) is 13.7. The molecule has 2 aliphatic heterocycles. The third-order valence-electron chi connectivity index (χ3n) is 8.25. The molecule has 2 fully saturated rings. The minimum atomic E-state index is -2.85. The highest BCUT2D eigenvalue weighted by atomic mass is 32.2. The Kier molecular flexibility index (Phi) is 12.3. The molecule has 0 aromatic heterocycles. The molecule has 0 unspecified atom stereocenters. The van der Waals surface area contributed by atoms with Gasteiger partial charge in [-0.2, -0.15) is 0 Å². The summed E-state index contributed by atoms with van der Waals surface area (Å²) in [5, 5.41) is 0. The van der Waals surface area contributed by atoms with E-state index in [9.17, 15) is 0 Å². The lowest BCUT2D eigenvalue weighted by Gasteiger charge is -2.56. The standard InChI is InChI=1S/C30H56O7SSi3/c1-20(2)40(21(3)4)33-19-26-27(36-41(37-40,22(5)6)23(7)8)28(35-39(11,12)13)29(30(34-26)38-10)32-18-24-14-16-25(31-9)17-15-24/h14-17,20-23,26-30H,18-19H2,1-13H3/t26-,27-,28+,29+,30-/m1/s1. The normalized spacial score (nSPS) is 28.6. The van der Waals surface area contributed by atoms with Crippen LogP contribution in [0.3, 0.4) is 0 Å². The predicted molar refractivity (Wildman–Crippen MR) is 176 cm³/mol. The van der Waals surface area contributed by atoms with Crippen molar-refractivity contribution in [3.05, 3.63) is 29.8 Å². The highest BCUT2D eigenvalue weighted by Crippen LogP contribution is 2.48. The Balaban J connectivity index is 2.07. The van der Waals surface area contributed by atoms with Crippen LogP contribution < -0.4 is 4.74 Å². The second kappa shape index (κ2) is 14.3. The largest absolute Gasteiger partial charge is 0.497 e. The summed E-state index contributed by atoms with van der Waals surface area (Å²) in [6.07, 6.45) is 0.833. The monoisotopic (exact) mass is 644 g/mol. The fourth-order valence-electron chi connectivity index (χ4n) is 6.12. The number of rotatable bonds is 11. The number of fused-ring (bicyclic) bond motifs is 1. The molecule has 1 aromatic carbocycles. The SMILES string of the molecule is COc1ccc(CO[C@H]2[C@@H](O[Si](C)(C)C)[C@@H]3O[Si](C(C)C)(C(C)C)O[Si](C(C)C)(C(C)C)OC[C@H]3O[C@@H]2SC)cc1. The first-order valence-corrected chi connectivity index (χ1v) is 23.9. The number of thioether (sulfide) groups is 1. The quantitative estimate of drug-likeness (QED) is 0.226. The molecule has 0 N–H and O–H groups in total. The highest BCUT2D eigenvalue weighted by molar-refractivity contribution is 7.99. The van der Waals surface area contributed by atoms with Crippen LogP contribution in [0.4, 0.5) is 0 Å². The average Bonchev–Trinajstić information content (AvgIpc) is 2.87. The lowest BCUT2D eigenvalue weighted by molar-refractivity contribution is -0.218. The van der Waals surface area contributed by atoms with Gasteiger partial charge in [-0.05, 0) is 65.8 Å². The third-order valence-corrected chi connectivity index (χ3v) is 20.3. The van der Waals surface area contributed by atoms with Crippen LogP contribution in [0.25, 0.3) is 0 Å². The van der Waals surface area contributed by atoms with Gasteiger partial charge in [0, 0.05) is 0 Å². The number of hydrogen-bond acceptors (Lipinski definition) is 8. The molecule has 2 aliphatic rings. The van der Waals surface area contributed by atoms with E-state index in [-0.39, 0.29) is 52.0 Å². The lowest BCUT2D eigenvalue weighted by Crippen LogP contribution is -2.71. The minimum absolute atomic E-state index is 0.216. The molecule has 0 radical (unpaired) electrons. The number of ether oxygens (including phenoxy) is 3. The van der Waals surface area contributed by atoms with Gasteiger partial charge in [0.25, 0.3) is 0 Å². The molecular weight excluding hydrogens is 589 g/mol. The van der Waals surface area contributed by atoms with Gasteiger partial charge in [0.15, 0.2) is 8.32 Å². The maximum absolute atomic E-state index is 7.46. The van der Waals surface area contributed by atoms with Crippen molar-refractivity contribution in [3.8, 4) is 5.75 Å². The van der Waals surface area contributed by atoms with E-state index in [0.717, 1.165) is 11.3 Å². The third kappa shape index (κ3) is 7.90. The first-order chi connectivity index (χ1) is 19.1. The molecule has 7 nitrogen and oxygen atoms in total. The molecule has 5 atom stereocenters. The molecule has 2 saturated heterocycles. The molecule has 1 aromatic rings. The van der Waals surface area contributed by atoms with E-state index in [1.165, 1.54) is 0 Å². The van der Waals surface area contributed by atoms with Gasteiger partial charge in [-0.3, -0.25) is 0 Å². The zero-order chi connectivity index (χ0) is 30.8. The smallest absolute Gasteiger partial charge is 0.335 e. The van der Waals surface area contributed by atoms with Crippen LogP contribution in [0.15, 0.2) is 24.3 Å². The topological polar surface area (TPSA) is 64.6 Å². The van der Waals surface area contributed by atoms with Gasteiger partial charge in [-0.1, -0.05) is 67.5 Å². The first-order valence-electron chi connectivity index (χ1n) is 15.2. The minimum Gasteiger partial charge on any atom is -0.497 e.